The molecule has 9 heteroatoms. The first-order valence-electron chi connectivity index (χ1n) is 11.5. The second-order valence-electron chi connectivity index (χ2n) is 9.31. The van der Waals surface area contributed by atoms with Crippen LogP contribution in [0.25, 0.3) is 22.4 Å². The van der Waals surface area contributed by atoms with Gasteiger partial charge in [-0.3, -0.25) is 4.98 Å². The number of piperidine rings is 1. The molecule has 0 amide bonds. The molecule has 4 atom stereocenters. The van der Waals surface area contributed by atoms with E-state index in [9.17, 15) is 9.50 Å². The third-order valence-corrected chi connectivity index (χ3v) is 7.12. The molecule has 3 aromatic rings. The minimum atomic E-state index is -0.913. The van der Waals surface area contributed by atoms with Crippen LogP contribution < -0.4 is 10.2 Å². The summed E-state index contributed by atoms with van der Waals surface area (Å²) < 4.78 is 29.2. The zero-order chi connectivity index (χ0) is 22.5. The van der Waals surface area contributed by atoms with Crippen molar-refractivity contribution in [2.75, 3.05) is 4.90 Å². The highest BCUT2D eigenvalue weighted by molar-refractivity contribution is 5.73. The van der Waals surface area contributed by atoms with Crippen LogP contribution in [-0.4, -0.2) is 55.2 Å². The van der Waals surface area contributed by atoms with Crippen LogP contribution in [0.2, 0.25) is 0 Å². The first-order chi connectivity index (χ1) is 16.1. The van der Waals surface area contributed by atoms with Gasteiger partial charge in [0.2, 0.25) is 0 Å². The van der Waals surface area contributed by atoms with Gasteiger partial charge in [-0.2, -0.15) is 5.10 Å². The molecule has 2 aromatic heterocycles. The molecule has 2 N–H and O–H groups in total. The molecular formula is C24H26F2N6O. The SMILES string of the molecule is Oc1cc(-c2cnn(CF)c2)ccc1-c1cnc(N(C2CC2)[C@H]2CC3CCC(N3)[C@H]2F)cn1. The summed E-state index contributed by atoms with van der Waals surface area (Å²) in [6.45, 7) is -0.703. The van der Waals surface area contributed by atoms with Crippen LogP contribution in [0.15, 0.2) is 43.0 Å². The Morgan fingerprint density at radius 3 is 2.67 bits per heavy atom. The number of hydrogen-bond acceptors (Lipinski definition) is 6. The Hall–Kier alpha value is -3.07. The van der Waals surface area contributed by atoms with E-state index in [0.717, 1.165) is 37.7 Å². The molecule has 0 radical (unpaired) electrons. The lowest BCUT2D eigenvalue weighted by molar-refractivity contribution is 0.171. The topological polar surface area (TPSA) is 79.1 Å². The van der Waals surface area contributed by atoms with Crippen LogP contribution in [0.5, 0.6) is 5.75 Å². The van der Waals surface area contributed by atoms with Crippen molar-refractivity contribution in [2.24, 2.45) is 0 Å². The van der Waals surface area contributed by atoms with E-state index in [0.29, 0.717) is 34.7 Å². The van der Waals surface area contributed by atoms with Gasteiger partial charge in [0.15, 0.2) is 6.80 Å². The van der Waals surface area contributed by atoms with E-state index in [2.05, 4.69) is 25.3 Å². The number of benzene rings is 1. The lowest BCUT2D eigenvalue weighted by Gasteiger charge is -2.41. The number of phenolic OH excluding ortho intramolecular Hbond substituents is 1. The van der Waals surface area contributed by atoms with Crippen LogP contribution in [0.1, 0.15) is 32.1 Å². The smallest absolute Gasteiger partial charge is 0.181 e. The van der Waals surface area contributed by atoms with E-state index < -0.39 is 13.0 Å². The highest BCUT2D eigenvalue weighted by atomic mass is 19.1. The Labute approximate surface area is 190 Å². The second-order valence-corrected chi connectivity index (χ2v) is 9.31. The third kappa shape index (κ3) is 3.74. The molecule has 2 saturated heterocycles. The van der Waals surface area contributed by atoms with Crippen molar-refractivity contribution in [3.63, 3.8) is 0 Å². The predicted octanol–water partition coefficient (Wildman–Crippen LogP) is 3.84. The molecular weight excluding hydrogens is 426 g/mol. The minimum Gasteiger partial charge on any atom is -0.507 e. The van der Waals surface area contributed by atoms with Gasteiger partial charge in [0, 0.05) is 35.4 Å². The Morgan fingerprint density at radius 1 is 1.09 bits per heavy atom. The first-order valence-corrected chi connectivity index (χ1v) is 11.5. The Bertz CT molecular complexity index is 1150. The van der Waals surface area contributed by atoms with Gasteiger partial charge in [-0.25, -0.2) is 18.4 Å². The average Bonchev–Trinajstić information content (AvgIpc) is 3.39. The molecule has 2 unspecified atom stereocenters. The van der Waals surface area contributed by atoms with Gasteiger partial charge in [-0.1, -0.05) is 6.07 Å². The Kier molecular flexibility index (Phi) is 5.01. The molecule has 2 bridgehead atoms. The zero-order valence-corrected chi connectivity index (χ0v) is 18.1. The zero-order valence-electron chi connectivity index (χ0n) is 18.1. The number of nitrogens with zero attached hydrogens (tertiary/aromatic N) is 5. The largest absolute Gasteiger partial charge is 0.507 e. The van der Waals surface area contributed by atoms with Crippen LogP contribution in [-0.2, 0) is 6.80 Å². The van der Waals surface area contributed by atoms with E-state index in [1.54, 1.807) is 36.9 Å². The van der Waals surface area contributed by atoms with Gasteiger partial charge in [0.1, 0.15) is 17.7 Å². The quantitative estimate of drug-likeness (QED) is 0.592. The molecule has 3 aliphatic rings. The number of rotatable bonds is 6. The first kappa shape index (κ1) is 20.5. The number of phenols is 1. The Balaban J connectivity index is 1.25. The molecule has 1 aromatic carbocycles. The van der Waals surface area contributed by atoms with Crippen molar-refractivity contribution in [2.45, 2.75) is 69.2 Å². The van der Waals surface area contributed by atoms with Crippen molar-refractivity contribution in [3.05, 3.63) is 43.0 Å². The normalized spacial score (nSPS) is 26.5. The number of nitrogens with one attached hydrogen (secondary N) is 1. The predicted molar refractivity (Wildman–Crippen MR) is 120 cm³/mol. The molecule has 1 aliphatic carbocycles. The van der Waals surface area contributed by atoms with Gasteiger partial charge in [-0.05, 0) is 49.8 Å². The number of aromatic hydroxyl groups is 1. The summed E-state index contributed by atoms with van der Waals surface area (Å²) in [5, 5.41) is 17.9. The lowest BCUT2D eigenvalue weighted by Crippen LogP contribution is -2.57. The molecule has 3 fully saturated rings. The lowest BCUT2D eigenvalue weighted by atomic mass is 9.96. The summed E-state index contributed by atoms with van der Waals surface area (Å²) in [5.41, 5.74) is 2.54. The summed E-state index contributed by atoms with van der Waals surface area (Å²) in [6.07, 6.45) is 10.4. The molecule has 172 valence electrons. The molecule has 4 heterocycles. The van der Waals surface area contributed by atoms with Gasteiger partial charge < -0.3 is 15.3 Å². The van der Waals surface area contributed by atoms with Crippen LogP contribution in [0.4, 0.5) is 14.6 Å². The fourth-order valence-electron chi connectivity index (χ4n) is 5.32. The molecule has 33 heavy (non-hydrogen) atoms. The van der Waals surface area contributed by atoms with E-state index in [4.69, 9.17) is 0 Å². The summed E-state index contributed by atoms with van der Waals surface area (Å²) in [7, 11) is 0. The van der Waals surface area contributed by atoms with E-state index in [1.807, 2.05) is 6.07 Å². The maximum Gasteiger partial charge on any atom is 0.181 e. The number of aromatic nitrogens is 4. The molecule has 6 rings (SSSR count). The van der Waals surface area contributed by atoms with Crippen LogP contribution in [0, 0.1) is 0 Å². The monoisotopic (exact) mass is 452 g/mol. The van der Waals surface area contributed by atoms with Crippen molar-refractivity contribution in [1.29, 1.82) is 0 Å². The summed E-state index contributed by atoms with van der Waals surface area (Å²) in [5.74, 6) is 0.755. The van der Waals surface area contributed by atoms with Crippen molar-refractivity contribution in [1.82, 2.24) is 25.1 Å². The van der Waals surface area contributed by atoms with E-state index in [1.165, 1.54) is 4.68 Å². The fourth-order valence-corrected chi connectivity index (χ4v) is 5.32. The number of anilines is 1. The van der Waals surface area contributed by atoms with Gasteiger partial charge in [-0.15, -0.1) is 0 Å². The maximum absolute atomic E-state index is 15.3. The van der Waals surface area contributed by atoms with E-state index >= 15 is 4.39 Å². The molecule has 7 nitrogen and oxygen atoms in total. The number of hydrogen-bond donors (Lipinski definition) is 2. The average molecular weight is 453 g/mol. The van der Waals surface area contributed by atoms with Crippen LogP contribution >= 0.6 is 0 Å². The molecule has 1 saturated carbocycles. The van der Waals surface area contributed by atoms with Gasteiger partial charge >= 0.3 is 0 Å². The maximum atomic E-state index is 15.3. The van der Waals surface area contributed by atoms with Crippen molar-refractivity contribution < 1.29 is 13.9 Å². The van der Waals surface area contributed by atoms with Crippen molar-refractivity contribution in [3.8, 4) is 28.1 Å². The summed E-state index contributed by atoms with van der Waals surface area (Å²) >= 11 is 0. The Morgan fingerprint density at radius 2 is 1.97 bits per heavy atom. The summed E-state index contributed by atoms with van der Waals surface area (Å²) in [4.78, 5) is 11.4. The molecule has 0 spiro atoms. The van der Waals surface area contributed by atoms with E-state index in [-0.39, 0.29) is 17.8 Å². The third-order valence-electron chi connectivity index (χ3n) is 7.12. The number of halogens is 2. The van der Waals surface area contributed by atoms with Gasteiger partial charge in [0.25, 0.3) is 0 Å². The number of fused-ring (bicyclic) bond motifs is 2. The highest BCUT2D eigenvalue weighted by Gasteiger charge is 2.48. The fraction of sp³-hybridized carbons (Fsp3) is 0.458. The minimum absolute atomic E-state index is 0.0559. The van der Waals surface area contributed by atoms with Gasteiger partial charge in [0.05, 0.1) is 30.3 Å². The standard InChI is InChI=1S/C24H26F2N6O/c25-13-31-12-15(9-29-31)14-1-5-18(22(33)7-14)20-10-28-23(11-27-20)32(17-3-4-17)21-8-16-2-6-19(30-16)24(21)26/h1,5,7,9-12,16-17,19,21,24,30,33H,2-4,6,8,13H2/t16?,19?,21-,24+/m0/s1. The number of alkyl halides is 2. The highest BCUT2D eigenvalue weighted by Crippen LogP contribution is 2.40. The van der Waals surface area contributed by atoms with Crippen molar-refractivity contribution >= 4 is 5.82 Å². The second kappa shape index (κ2) is 8.06. The summed E-state index contributed by atoms with van der Waals surface area (Å²) in [6, 6.07) is 5.68. The van der Waals surface area contributed by atoms with Crippen LogP contribution in [0.3, 0.4) is 0 Å². The molecule has 2 aliphatic heterocycles.